The Hall–Kier alpha value is -2.51. The standard InChI is InChI=1S/C24H32N2O2/c1-6-23(26-14-13-19-9-7-11-21(15-19)27-4)24(17-25,18(2)3)20-10-8-12-22(16-20)28-5/h7-12,15-16,18,23,26H,6,13-14H2,1-5H3. The Morgan fingerprint density at radius 2 is 1.68 bits per heavy atom. The molecule has 1 N–H and O–H groups in total. The summed E-state index contributed by atoms with van der Waals surface area (Å²) in [6.07, 6.45) is 1.74. The van der Waals surface area contributed by atoms with Gasteiger partial charge in [-0.3, -0.25) is 0 Å². The number of nitriles is 1. The zero-order chi connectivity index (χ0) is 20.6. The SMILES string of the molecule is CCC(NCCc1cccc(OC)c1)C(C#N)(c1cccc(OC)c1)C(C)C. The van der Waals surface area contributed by atoms with E-state index in [1.54, 1.807) is 14.2 Å². The number of rotatable bonds is 10. The van der Waals surface area contributed by atoms with Gasteiger partial charge in [0, 0.05) is 6.04 Å². The normalized spacial score (nSPS) is 14.2. The lowest BCUT2D eigenvalue weighted by Crippen LogP contribution is -2.51. The highest BCUT2D eigenvalue weighted by Gasteiger charge is 2.43. The fraction of sp³-hybridized carbons (Fsp3) is 0.458. The van der Waals surface area contributed by atoms with E-state index in [2.05, 4.69) is 44.3 Å². The maximum atomic E-state index is 10.3. The van der Waals surface area contributed by atoms with Crippen molar-refractivity contribution >= 4 is 0 Å². The maximum Gasteiger partial charge on any atom is 0.119 e. The van der Waals surface area contributed by atoms with Crippen molar-refractivity contribution in [3.05, 3.63) is 59.7 Å². The third-order valence-corrected chi connectivity index (χ3v) is 5.54. The fourth-order valence-electron chi connectivity index (χ4n) is 3.93. The highest BCUT2D eigenvalue weighted by Crippen LogP contribution is 2.38. The van der Waals surface area contributed by atoms with Gasteiger partial charge in [0.1, 0.15) is 11.5 Å². The summed E-state index contributed by atoms with van der Waals surface area (Å²) in [5.41, 5.74) is 1.60. The number of methoxy groups -OCH3 is 2. The first-order valence-electron chi connectivity index (χ1n) is 9.93. The molecule has 0 saturated carbocycles. The zero-order valence-corrected chi connectivity index (χ0v) is 17.7. The quantitative estimate of drug-likeness (QED) is 0.647. The molecule has 150 valence electrons. The Morgan fingerprint density at radius 3 is 2.25 bits per heavy atom. The zero-order valence-electron chi connectivity index (χ0n) is 17.7. The van der Waals surface area contributed by atoms with Crippen LogP contribution in [0.1, 0.15) is 38.3 Å². The molecular formula is C24H32N2O2. The second kappa shape index (κ2) is 10.1. The van der Waals surface area contributed by atoms with E-state index >= 15 is 0 Å². The van der Waals surface area contributed by atoms with Gasteiger partial charge in [0.2, 0.25) is 0 Å². The first-order chi connectivity index (χ1) is 13.5. The lowest BCUT2D eigenvalue weighted by atomic mass is 9.66. The van der Waals surface area contributed by atoms with E-state index < -0.39 is 5.41 Å². The summed E-state index contributed by atoms with van der Waals surface area (Å²) in [5, 5.41) is 14.0. The van der Waals surface area contributed by atoms with Crippen LogP contribution in [0.5, 0.6) is 11.5 Å². The Kier molecular flexibility index (Phi) is 7.90. The molecule has 4 nitrogen and oxygen atoms in total. The van der Waals surface area contributed by atoms with Crippen LogP contribution >= 0.6 is 0 Å². The van der Waals surface area contributed by atoms with Crippen LogP contribution in [-0.2, 0) is 11.8 Å². The van der Waals surface area contributed by atoms with Crippen molar-refractivity contribution in [1.82, 2.24) is 5.32 Å². The van der Waals surface area contributed by atoms with Crippen molar-refractivity contribution in [3.63, 3.8) is 0 Å². The molecule has 0 radical (unpaired) electrons. The second-order valence-electron chi connectivity index (χ2n) is 7.38. The number of nitrogens with zero attached hydrogens (tertiary/aromatic N) is 1. The summed E-state index contributed by atoms with van der Waals surface area (Å²) in [4.78, 5) is 0. The first-order valence-corrected chi connectivity index (χ1v) is 9.93. The van der Waals surface area contributed by atoms with Gasteiger partial charge in [-0.15, -0.1) is 0 Å². The van der Waals surface area contributed by atoms with Crippen LogP contribution in [0.2, 0.25) is 0 Å². The number of nitrogens with one attached hydrogen (secondary N) is 1. The Morgan fingerprint density at radius 1 is 1.04 bits per heavy atom. The molecule has 0 bridgehead atoms. The van der Waals surface area contributed by atoms with Crippen LogP contribution in [-0.4, -0.2) is 26.8 Å². The van der Waals surface area contributed by atoms with E-state index in [0.717, 1.165) is 36.4 Å². The van der Waals surface area contributed by atoms with Crippen LogP contribution in [0.3, 0.4) is 0 Å². The van der Waals surface area contributed by atoms with Crippen molar-refractivity contribution in [3.8, 4) is 17.6 Å². The fourth-order valence-corrected chi connectivity index (χ4v) is 3.93. The molecule has 2 aromatic rings. The number of hydrogen-bond acceptors (Lipinski definition) is 4. The smallest absolute Gasteiger partial charge is 0.119 e. The van der Waals surface area contributed by atoms with Crippen molar-refractivity contribution in [2.75, 3.05) is 20.8 Å². The van der Waals surface area contributed by atoms with E-state index in [0.29, 0.717) is 0 Å². The topological polar surface area (TPSA) is 54.3 Å². The number of benzene rings is 2. The van der Waals surface area contributed by atoms with Gasteiger partial charge in [-0.05, 0) is 60.7 Å². The molecular weight excluding hydrogens is 348 g/mol. The van der Waals surface area contributed by atoms with Gasteiger partial charge in [0.25, 0.3) is 0 Å². The number of ether oxygens (including phenoxy) is 2. The molecule has 0 fully saturated rings. The third-order valence-electron chi connectivity index (χ3n) is 5.54. The van der Waals surface area contributed by atoms with Gasteiger partial charge in [-0.1, -0.05) is 45.0 Å². The van der Waals surface area contributed by atoms with Gasteiger partial charge in [-0.25, -0.2) is 0 Å². The summed E-state index contributed by atoms with van der Waals surface area (Å²) in [6.45, 7) is 7.17. The summed E-state index contributed by atoms with van der Waals surface area (Å²) < 4.78 is 10.7. The molecule has 0 aromatic heterocycles. The molecule has 0 aliphatic heterocycles. The second-order valence-corrected chi connectivity index (χ2v) is 7.38. The van der Waals surface area contributed by atoms with E-state index in [4.69, 9.17) is 9.47 Å². The summed E-state index contributed by atoms with van der Waals surface area (Å²) >= 11 is 0. The van der Waals surface area contributed by atoms with Crippen molar-refractivity contribution in [2.24, 2.45) is 5.92 Å². The molecule has 0 heterocycles. The van der Waals surface area contributed by atoms with Crippen LogP contribution in [0.4, 0.5) is 0 Å². The Bertz CT molecular complexity index is 797. The predicted octanol–water partition coefficient (Wildman–Crippen LogP) is 4.73. The highest BCUT2D eigenvalue weighted by atomic mass is 16.5. The molecule has 0 saturated heterocycles. The molecule has 0 aliphatic rings. The van der Waals surface area contributed by atoms with E-state index in [1.807, 2.05) is 36.4 Å². The molecule has 28 heavy (non-hydrogen) atoms. The van der Waals surface area contributed by atoms with Gasteiger partial charge < -0.3 is 14.8 Å². The van der Waals surface area contributed by atoms with Gasteiger partial charge in [0.05, 0.1) is 25.7 Å². The lowest BCUT2D eigenvalue weighted by Gasteiger charge is -2.39. The van der Waals surface area contributed by atoms with Crippen molar-refractivity contribution < 1.29 is 9.47 Å². The molecule has 2 rings (SSSR count). The summed E-state index contributed by atoms with van der Waals surface area (Å²) in [7, 11) is 3.34. The Balaban J connectivity index is 2.23. The first kappa shape index (κ1) is 21.8. The molecule has 2 atom stereocenters. The summed E-state index contributed by atoms with van der Waals surface area (Å²) in [6, 6.07) is 18.7. The number of hydrogen-bond donors (Lipinski definition) is 1. The monoisotopic (exact) mass is 380 g/mol. The van der Waals surface area contributed by atoms with Gasteiger partial charge >= 0.3 is 0 Å². The van der Waals surface area contributed by atoms with E-state index in [1.165, 1.54) is 5.56 Å². The molecule has 4 heteroatoms. The summed E-state index contributed by atoms with van der Waals surface area (Å²) in [5.74, 6) is 1.80. The predicted molar refractivity (Wildman–Crippen MR) is 114 cm³/mol. The van der Waals surface area contributed by atoms with Crippen LogP contribution in [0, 0.1) is 17.2 Å². The minimum Gasteiger partial charge on any atom is -0.497 e. The highest BCUT2D eigenvalue weighted by molar-refractivity contribution is 5.41. The molecule has 0 spiro atoms. The minimum absolute atomic E-state index is 0.0372. The average molecular weight is 381 g/mol. The van der Waals surface area contributed by atoms with Crippen LogP contribution < -0.4 is 14.8 Å². The minimum atomic E-state index is -0.627. The Labute approximate surface area is 169 Å². The molecule has 0 aliphatic carbocycles. The largest absolute Gasteiger partial charge is 0.497 e. The average Bonchev–Trinajstić information content (AvgIpc) is 2.73. The van der Waals surface area contributed by atoms with Crippen LogP contribution in [0.25, 0.3) is 0 Å². The van der Waals surface area contributed by atoms with E-state index in [9.17, 15) is 5.26 Å². The van der Waals surface area contributed by atoms with Gasteiger partial charge in [0.15, 0.2) is 0 Å². The van der Waals surface area contributed by atoms with Crippen LogP contribution in [0.15, 0.2) is 48.5 Å². The third kappa shape index (κ3) is 4.66. The van der Waals surface area contributed by atoms with Crippen molar-refractivity contribution in [2.45, 2.75) is 45.1 Å². The molecule has 2 unspecified atom stereocenters. The van der Waals surface area contributed by atoms with E-state index in [-0.39, 0.29) is 12.0 Å². The molecule has 2 aromatic carbocycles. The maximum absolute atomic E-state index is 10.3. The van der Waals surface area contributed by atoms with Gasteiger partial charge in [-0.2, -0.15) is 5.26 Å². The molecule has 0 amide bonds. The van der Waals surface area contributed by atoms with Crippen molar-refractivity contribution in [1.29, 1.82) is 5.26 Å². The lowest BCUT2D eigenvalue weighted by molar-refractivity contribution is 0.274.